The van der Waals surface area contributed by atoms with E-state index in [9.17, 15) is 0 Å². The zero-order chi connectivity index (χ0) is 7.82. The van der Waals surface area contributed by atoms with Crippen molar-refractivity contribution < 1.29 is 4.74 Å². The smallest absolute Gasteiger partial charge is 0.0961 e. The fourth-order valence-electron chi connectivity index (χ4n) is 0.810. The van der Waals surface area contributed by atoms with Crippen molar-refractivity contribution in [2.24, 2.45) is 5.92 Å². The molecular weight excluding hydrogens is 126 g/mol. The van der Waals surface area contributed by atoms with Gasteiger partial charge >= 0.3 is 0 Å². The zero-order valence-corrected chi connectivity index (χ0v) is 7.31. The van der Waals surface area contributed by atoms with Gasteiger partial charge in [0.2, 0.25) is 0 Å². The molecular formula is C8H19NO. The van der Waals surface area contributed by atoms with E-state index in [2.05, 4.69) is 19.2 Å². The number of nitrogens with one attached hydrogen (secondary N) is 1. The van der Waals surface area contributed by atoms with E-state index in [4.69, 9.17) is 4.74 Å². The first kappa shape index (κ1) is 9.92. The van der Waals surface area contributed by atoms with E-state index >= 15 is 0 Å². The standard InChI is InChI=1S/C8H19NO/c1-8(2)5-4-6-9-7-10-3/h8-9H,4-7H2,1-3H3. The van der Waals surface area contributed by atoms with E-state index in [1.54, 1.807) is 7.11 Å². The number of rotatable bonds is 6. The third-order valence-corrected chi connectivity index (χ3v) is 1.38. The van der Waals surface area contributed by atoms with Crippen LogP contribution in [-0.4, -0.2) is 20.4 Å². The van der Waals surface area contributed by atoms with Crippen molar-refractivity contribution in [3.05, 3.63) is 0 Å². The summed E-state index contributed by atoms with van der Waals surface area (Å²) >= 11 is 0. The molecule has 0 aromatic rings. The summed E-state index contributed by atoms with van der Waals surface area (Å²) in [6.45, 7) is 6.25. The number of ether oxygens (including phenoxy) is 1. The number of hydrogen-bond donors (Lipinski definition) is 1. The second kappa shape index (κ2) is 7.03. The first-order valence-corrected chi connectivity index (χ1v) is 3.97. The van der Waals surface area contributed by atoms with E-state index in [0.717, 1.165) is 12.5 Å². The molecule has 0 heterocycles. The molecule has 10 heavy (non-hydrogen) atoms. The van der Waals surface area contributed by atoms with Crippen LogP contribution in [0.4, 0.5) is 0 Å². The molecule has 0 atom stereocenters. The highest BCUT2D eigenvalue weighted by atomic mass is 16.5. The molecule has 62 valence electrons. The topological polar surface area (TPSA) is 21.3 Å². The highest BCUT2D eigenvalue weighted by Gasteiger charge is 1.91. The summed E-state index contributed by atoms with van der Waals surface area (Å²) in [5.41, 5.74) is 0. The van der Waals surface area contributed by atoms with E-state index in [-0.39, 0.29) is 0 Å². The fourth-order valence-corrected chi connectivity index (χ4v) is 0.810. The molecule has 2 nitrogen and oxygen atoms in total. The molecule has 0 amide bonds. The summed E-state index contributed by atoms with van der Waals surface area (Å²) in [7, 11) is 1.70. The van der Waals surface area contributed by atoms with Crippen LogP contribution in [0.25, 0.3) is 0 Å². The summed E-state index contributed by atoms with van der Waals surface area (Å²) in [4.78, 5) is 0. The average Bonchev–Trinajstić information content (AvgIpc) is 1.87. The van der Waals surface area contributed by atoms with Crippen LogP contribution < -0.4 is 5.32 Å². The lowest BCUT2D eigenvalue weighted by atomic mass is 10.1. The molecule has 0 fully saturated rings. The average molecular weight is 145 g/mol. The van der Waals surface area contributed by atoms with Crippen LogP contribution >= 0.6 is 0 Å². The molecule has 0 aliphatic heterocycles. The Hall–Kier alpha value is -0.0800. The largest absolute Gasteiger partial charge is 0.370 e. The Balaban J connectivity index is 2.77. The molecule has 0 saturated carbocycles. The van der Waals surface area contributed by atoms with Crippen molar-refractivity contribution in [3.8, 4) is 0 Å². The number of methoxy groups -OCH3 is 1. The minimum atomic E-state index is 0.679. The maximum atomic E-state index is 4.84. The highest BCUT2D eigenvalue weighted by Crippen LogP contribution is 2.01. The van der Waals surface area contributed by atoms with Gasteiger partial charge in [-0.3, -0.25) is 5.32 Å². The van der Waals surface area contributed by atoms with Gasteiger partial charge in [0.1, 0.15) is 0 Å². The third-order valence-electron chi connectivity index (χ3n) is 1.38. The van der Waals surface area contributed by atoms with Crippen LogP contribution in [0, 0.1) is 5.92 Å². The van der Waals surface area contributed by atoms with Gasteiger partial charge in [-0.05, 0) is 25.3 Å². The molecule has 0 rings (SSSR count). The van der Waals surface area contributed by atoms with E-state index in [1.165, 1.54) is 12.8 Å². The Morgan fingerprint density at radius 2 is 2.10 bits per heavy atom. The minimum absolute atomic E-state index is 0.679. The highest BCUT2D eigenvalue weighted by molar-refractivity contribution is 4.47. The first-order valence-electron chi connectivity index (χ1n) is 3.97. The Morgan fingerprint density at radius 3 is 2.60 bits per heavy atom. The van der Waals surface area contributed by atoms with Crippen LogP contribution in [0.3, 0.4) is 0 Å². The molecule has 0 bridgehead atoms. The monoisotopic (exact) mass is 145 g/mol. The summed E-state index contributed by atoms with van der Waals surface area (Å²) in [6, 6.07) is 0. The normalized spacial score (nSPS) is 10.8. The van der Waals surface area contributed by atoms with Crippen LogP contribution in [0.5, 0.6) is 0 Å². The van der Waals surface area contributed by atoms with Crippen LogP contribution in [0.2, 0.25) is 0 Å². The molecule has 0 unspecified atom stereocenters. The van der Waals surface area contributed by atoms with Gasteiger partial charge in [-0.25, -0.2) is 0 Å². The van der Waals surface area contributed by atoms with Gasteiger partial charge in [0, 0.05) is 7.11 Å². The van der Waals surface area contributed by atoms with Crippen molar-refractivity contribution in [2.45, 2.75) is 26.7 Å². The van der Waals surface area contributed by atoms with Gasteiger partial charge in [-0.15, -0.1) is 0 Å². The lowest BCUT2D eigenvalue weighted by Gasteiger charge is -2.04. The Morgan fingerprint density at radius 1 is 1.40 bits per heavy atom. The maximum Gasteiger partial charge on any atom is 0.0961 e. The Labute approximate surface area is 64.0 Å². The van der Waals surface area contributed by atoms with Crippen molar-refractivity contribution >= 4 is 0 Å². The van der Waals surface area contributed by atoms with Gasteiger partial charge in [0.05, 0.1) is 6.73 Å². The van der Waals surface area contributed by atoms with Crippen molar-refractivity contribution in [1.29, 1.82) is 0 Å². The van der Waals surface area contributed by atoms with E-state index in [0.29, 0.717) is 6.73 Å². The minimum Gasteiger partial charge on any atom is -0.370 e. The fraction of sp³-hybridized carbons (Fsp3) is 1.00. The second-order valence-electron chi connectivity index (χ2n) is 2.97. The lowest BCUT2D eigenvalue weighted by Crippen LogP contribution is -2.18. The molecule has 0 saturated heterocycles. The first-order chi connectivity index (χ1) is 4.77. The SMILES string of the molecule is COCNCCCC(C)C. The number of hydrogen-bond acceptors (Lipinski definition) is 2. The molecule has 0 aliphatic carbocycles. The van der Waals surface area contributed by atoms with Crippen LogP contribution in [0.15, 0.2) is 0 Å². The quantitative estimate of drug-likeness (QED) is 0.453. The predicted molar refractivity (Wildman–Crippen MR) is 44.0 cm³/mol. The molecule has 0 aromatic heterocycles. The van der Waals surface area contributed by atoms with E-state index < -0.39 is 0 Å². The zero-order valence-electron chi connectivity index (χ0n) is 7.31. The molecule has 0 aromatic carbocycles. The molecule has 2 heteroatoms. The Kier molecular flexibility index (Phi) is 6.98. The van der Waals surface area contributed by atoms with Crippen LogP contribution in [-0.2, 0) is 4.74 Å². The van der Waals surface area contributed by atoms with Gasteiger partial charge in [-0.2, -0.15) is 0 Å². The molecule has 0 spiro atoms. The molecule has 1 N–H and O–H groups in total. The van der Waals surface area contributed by atoms with Gasteiger partial charge in [0.15, 0.2) is 0 Å². The Bertz CT molecular complexity index is 64.3. The summed E-state index contributed by atoms with van der Waals surface area (Å²) < 4.78 is 4.84. The van der Waals surface area contributed by atoms with Gasteiger partial charge in [0.25, 0.3) is 0 Å². The van der Waals surface area contributed by atoms with Crippen LogP contribution in [0.1, 0.15) is 26.7 Å². The molecule has 0 aliphatic rings. The van der Waals surface area contributed by atoms with Gasteiger partial charge in [-0.1, -0.05) is 13.8 Å². The van der Waals surface area contributed by atoms with Crippen molar-refractivity contribution in [2.75, 3.05) is 20.4 Å². The third kappa shape index (κ3) is 7.92. The van der Waals surface area contributed by atoms with Crippen molar-refractivity contribution in [3.63, 3.8) is 0 Å². The molecule has 0 radical (unpaired) electrons. The summed E-state index contributed by atoms with van der Waals surface area (Å²) in [5.74, 6) is 0.823. The summed E-state index contributed by atoms with van der Waals surface area (Å²) in [6.07, 6.45) is 2.55. The maximum absolute atomic E-state index is 4.84. The lowest BCUT2D eigenvalue weighted by molar-refractivity contribution is 0.175. The van der Waals surface area contributed by atoms with Crippen molar-refractivity contribution in [1.82, 2.24) is 5.32 Å². The summed E-state index contributed by atoms with van der Waals surface area (Å²) in [5, 5.41) is 3.17. The van der Waals surface area contributed by atoms with Gasteiger partial charge < -0.3 is 4.74 Å². The predicted octanol–water partition coefficient (Wildman–Crippen LogP) is 1.62. The second-order valence-corrected chi connectivity index (χ2v) is 2.97. The van der Waals surface area contributed by atoms with E-state index in [1.807, 2.05) is 0 Å².